The third kappa shape index (κ3) is 2.96. The minimum atomic E-state index is -1.18. The quantitative estimate of drug-likeness (QED) is 0.727. The number of aliphatic hydroxyl groups is 1. The van der Waals surface area contributed by atoms with Crippen LogP contribution in [-0.2, 0) is 0 Å². The van der Waals surface area contributed by atoms with Crippen molar-refractivity contribution in [2.24, 2.45) is 0 Å². The van der Waals surface area contributed by atoms with E-state index in [0.29, 0.717) is 22.7 Å². The van der Waals surface area contributed by atoms with Crippen LogP contribution in [0.3, 0.4) is 0 Å². The van der Waals surface area contributed by atoms with Crippen LogP contribution in [0.1, 0.15) is 11.3 Å². The molecule has 0 spiro atoms. The van der Waals surface area contributed by atoms with Gasteiger partial charge in [-0.2, -0.15) is 0 Å². The standard InChI is InChI=1S/C14H12N2O4/c1-9-12(15-14(18)19)13(20-16-9)11-6-4-10(5-7-11)3-2-8-17/h4-7,15,17H,8H2,1H3,(H,18,19). The number of aryl methyl sites for hydroxylation is 1. The molecular formula is C14H12N2O4. The maximum Gasteiger partial charge on any atom is 0.409 e. The van der Waals surface area contributed by atoms with E-state index in [1.165, 1.54) is 0 Å². The van der Waals surface area contributed by atoms with Crippen LogP contribution in [0.2, 0.25) is 0 Å². The van der Waals surface area contributed by atoms with Crippen molar-refractivity contribution in [2.45, 2.75) is 6.92 Å². The van der Waals surface area contributed by atoms with E-state index in [2.05, 4.69) is 22.3 Å². The van der Waals surface area contributed by atoms with Crippen molar-refractivity contribution in [3.63, 3.8) is 0 Å². The van der Waals surface area contributed by atoms with Gasteiger partial charge in [-0.1, -0.05) is 17.0 Å². The summed E-state index contributed by atoms with van der Waals surface area (Å²) in [6, 6.07) is 6.99. The molecular weight excluding hydrogens is 260 g/mol. The molecule has 6 heteroatoms. The molecule has 6 nitrogen and oxygen atoms in total. The van der Waals surface area contributed by atoms with Gasteiger partial charge in [-0.15, -0.1) is 0 Å². The smallest absolute Gasteiger partial charge is 0.409 e. The van der Waals surface area contributed by atoms with E-state index >= 15 is 0 Å². The lowest BCUT2D eigenvalue weighted by Gasteiger charge is -2.02. The molecule has 20 heavy (non-hydrogen) atoms. The monoisotopic (exact) mass is 272 g/mol. The number of rotatable bonds is 2. The minimum Gasteiger partial charge on any atom is -0.465 e. The highest BCUT2D eigenvalue weighted by Crippen LogP contribution is 2.30. The van der Waals surface area contributed by atoms with Gasteiger partial charge >= 0.3 is 6.09 Å². The van der Waals surface area contributed by atoms with Crippen LogP contribution in [0.25, 0.3) is 11.3 Å². The summed E-state index contributed by atoms with van der Waals surface area (Å²) in [6.07, 6.45) is -1.18. The Morgan fingerprint density at radius 1 is 1.40 bits per heavy atom. The second kappa shape index (κ2) is 5.91. The fourth-order valence-electron chi connectivity index (χ4n) is 1.67. The molecule has 1 aromatic carbocycles. The second-order valence-electron chi connectivity index (χ2n) is 3.94. The van der Waals surface area contributed by atoms with Crippen LogP contribution < -0.4 is 5.32 Å². The molecule has 3 N–H and O–H groups in total. The zero-order valence-electron chi connectivity index (χ0n) is 10.7. The number of amides is 1. The molecule has 0 aliphatic heterocycles. The van der Waals surface area contributed by atoms with Gasteiger partial charge in [-0.25, -0.2) is 4.79 Å². The van der Waals surface area contributed by atoms with Crippen LogP contribution in [-0.4, -0.2) is 28.1 Å². The molecule has 0 bridgehead atoms. The maximum atomic E-state index is 10.8. The first-order chi connectivity index (χ1) is 9.61. The SMILES string of the molecule is Cc1noc(-c2ccc(C#CCO)cc2)c1NC(=O)O. The van der Waals surface area contributed by atoms with Crippen LogP contribution in [0, 0.1) is 18.8 Å². The second-order valence-corrected chi connectivity index (χ2v) is 3.94. The number of aromatic nitrogens is 1. The number of aliphatic hydroxyl groups excluding tert-OH is 1. The Bertz CT molecular complexity index is 677. The zero-order chi connectivity index (χ0) is 14.5. The largest absolute Gasteiger partial charge is 0.465 e. The molecule has 0 aliphatic carbocycles. The first kappa shape index (κ1) is 13.6. The summed E-state index contributed by atoms with van der Waals surface area (Å²) in [4.78, 5) is 10.8. The topological polar surface area (TPSA) is 95.6 Å². The highest BCUT2D eigenvalue weighted by molar-refractivity contribution is 5.89. The third-order valence-electron chi connectivity index (χ3n) is 2.55. The lowest BCUT2D eigenvalue weighted by Crippen LogP contribution is -2.08. The number of anilines is 1. The number of hydrogen-bond donors (Lipinski definition) is 3. The summed E-state index contributed by atoms with van der Waals surface area (Å²) in [5.41, 5.74) is 2.22. The van der Waals surface area contributed by atoms with Crippen LogP contribution >= 0.6 is 0 Å². The molecule has 2 rings (SSSR count). The van der Waals surface area contributed by atoms with Gasteiger partial charge < -0.3 is 14.7 Å². The molecule has 2 aromatic rings. The maximum absolute atomic E-state index is 10.8. The van der Waals surface area contributed by atoms with E-state index in [0.717, 1.165) is 5.56 Å². The van der Waals surface area contributed by atoms with E-state index in [4.69, 9.17) is 14.7 Å². The van der Waals surface area contributed by atoms with Gasteiger partial charge in [-0.3, -0.25) is 5.32 Å². The average molecular weight is 272 g/mol. The Kier molecular flexibility index (Phi) is 4.03. The molecule has 0 fully saturated rings. The first-order valence-corrected chi connectivity index (χ1v) is 5.78. The summed E-state index contributed by atoms with van der Waals surface area (Å²) in [7, 11) is 0. The van der Waals surface area contributed by atoms with E-state index < -0.39 is 6.09 Å². The van der Waals surface area contributed by atoms with Crippen LogP contribution in [0.4, 0.5) is 10.5 Å². The molecule has 1 heterocycles. The fourth-order valence-corrected chi connectivity index (χ4v) is 1.67. The molecule has 0 saturated heterocycles. The normalized spacial score (nSPS) is 9.70. The lowest BCUT2D eigenvalue weighted by molar-refractivity contribution is 0.209. The average Bonchev–Trinajstić information content (AvgIpc) is 2.78. The molecule has 102 valence electrons. The van der Waals surface area contributed by atoms with Gasteiger partial charge in [0.1, 0.15) is 18.0 Å². The molecule has 1 amide bonds. The lowest BCUT2D eigenvalue weighted by atomic mass is 10.1. The highest BCUT2D eigenvalue weighted by Gasteiger charge is 2.16. The van der Waals surface area contributed by atoms with Crippen molar-refractivity contribution in [3.05, 3.63) is 35.5 Å². The first-order valence-electron chi connectivity index (χ1n) is 5.78. The van der Waals surface area contributed by atoms with Crippen molar-refractivity contribution in [1.29, 1.82) is 0 Å². The van der Waals surface area contributed by atoms with E-state index in [1.807, 2.05) is 0 Å². The number of hydrogen-bond acceptors (Lipinski definition) is 4. The minimum absolute atomic E-state index is 0.199. The Hall–Kier alpha value is -2.78. The van der Waals surface area contributed by atoms with Gasteiger partial charge in [0.25, 0.3) is 0 Å². The molecule has 0 atom stereocenters. The number of benzene rings is 1. The van der Waals surface area contributed by atoms with Gasteiger partial charge in [0.05, 0.1) is 0 Å². The summed E-state index contributed by atoms with van der Waals surface area (Å²) in [6.45, 7) is 1.45. The van der Waals surface area contributed by atoms with Gasteiger partial charge in [0, 0.05) is 11.1 Å². The molecule has 0 saturated carbocycles. The summed E-state index contributed by atoms with van der Waals surface area (Å²) >= 11 is 0. The Labute approximate surface area is 115 Å². The Balaban J connectivity index is 2.34. The van der Waals surface area contributed by atoms with Crippen molar-refractivity contribution in [2.75, 3.05) is 11.9 Å². The number of nitrogens with one attached hydrogen (secondary N) is 1. The summed E-state index contributed by atoms with van der Waals surface area (Å²) in [5, 5.41) is 23.4. The Morgan fingerprint density at radius 3 is 2.70 bits per heavy atom. The molecule has 1 aromatic heterocycles. The predicted molar refractivity (Wildman–Crippen MR) is 72.3 cm³/mol. The van der Waals surface area contributed by atoms with E-state index in [-0.39, 0.29) is 6.61 Å². The predicted octanol–water partition coefficient (Wildman–Crippen LogP) is 2.08. The molecule has 0 radical (unpaired) electrons. The summed E-state index contributed by atoms with van der Waals surface area (Å²) < 4.78 is 5.15. The zero-order valence-corrected chi connectivity index (χ0v) is 10.7. The Morgan fingerprint density at radius 2 is 2.10 bits per heavy atom. The fraction of sp³-hybridized carbons (Fsp3) is 0.143. The number of nitrogens with zero attached hydrogens (tertiary/aromatic N) is 1. The third-order valence-corrected chi connectivity index (χ3v) is 2.55. The van der Waals surface area contributed by atoms with Crippen molar-refractivity contribution in [3.8, 4) is 23.2 Å². The number of carbonyl (C=O) groups is 1. The highest BCUT2D eigenvalue weighted by atomic mass is 16.5. The van der Waals surface area contributed by atoms with Gasteiger partial charge in [0.15, 0.2) is 5.76 Å². The van der Waals surface area contributed by atoms with E-state index in [9.17, 15) is 4.79 Å². The summed E-state index contributed by atoms with van der Waals surface area (Å²) in [5.74, 6) is 5.67. The van der Waals surface area contributed by atoms with Crippen LogP contribution in [0.5, 0.6) is 0 Å². The van der Waals surface area contributed by atoms with Crippen LogP contribution in [0.15, 0.2) is 28.8 Å². The molecule has 0 aliphatic rings. The van der Waals surface area contributed by atoms with Gasteiger partial charge in [-0.05, 0) is 31.2 Å². The van der Waals surface area contributed by atoms with Gasteiger partial charge in [0.2, 0.25) is 0 Å². The molecule has 0 unspecified atom stereocenters. The van der Waals surface area contributed by atoms with E-state index in [1.54, 1.807) is 31.2 Å². The van der Waals surface area contributed by atoms with Crippen molar-refractivity contribution < 1.29 is 19.5 Å². The number of carboxylic acid groups (broad SMARTS) is 1. The van der Waals surface area contributed by atoms with Crippen molar-refractivity contribution >= 4 is 11.8 Å². The van der Waals surface area contributed by atoms with Crippen molar-refractivity contribution in [1.82, 2.24) is 5.16 Å².